The number of nitrogens with one attached hydrogen (secondary N) is 1. The number of imidazole rings is 1. The minimum absolute atomic E-state index is 0.0428. The van der Waals surface area contributed by atoms with Gasteiger partial charge in [-0.2, -0.15) is 9.61 Å². The zero-order valence-electron chi connectivity index (χ0n) is 34.4. The predicted molar refractivity (Wildman–Crippen MR) is 232 cm³/mol. The van der Waals surface area contributed by atoms with Crippen LogP contribution in [0.3, 0.4) is 0 Å². The molecule has 1 N–H and O–H groups in total. The number of pyridine rings is 1. The number of hydrogen-bond acceptors (Lipinski definition) is 12. The van der Waals surface area contributed by atoms with Crippen LogP contribution in [0.4, 0.5) is 5.82 Å². The molecule has 1 aliphatic carbocycles. The molecule has 1 saturated carbocycles. The van der Waals surface area contributed by atoms with Crippen molar-refractivity contribution in [1.29, 1.82) is 0 Å². The summed E-state index contributed by atoms with van der Waals surface area (Å²) >= 11 is 2.42. The molecule has 308 valence electrons. The summed E-state index contributed by atoms with van der Waals surface area (Å²) in [6, 6.07) is 6.09. The molecule has 14 nitrogen and oxygen atoms in total. The maximum Gasteiger partial charge on any atom is 0.338 e. The van der Waals surface area contributed by atoms with Crippen molar-refractivity contribution in [2.75, 3.05) is 72.2 Å². The number of rotatable bonds is 22. The van der Waals surface area contributed by atoms with Crippen molar-refractivity contribution in [2.24, 2.45) is 0 Å². The normalized spacial score (nSPS) is 17.8. The first-order valence-electron chi connectivity index (χ1n) is 19.5. The first kappa shape index (κ1) is 44.3. The fourth-order valence-corrected chi connectivity index (χ4v) is 9.17. The second kappa shape index (κ2) is 20.3. The van der Waals surface area contributed by atoms with E-state index in [4.69, 9.17) is 43.5 Å². The van der Waals surface area contributed by atoms with E-state index >= 15 is 0 Å². The first-order chi connectivity index (χ1) is 26.7. The number of esters is 1. The molecule has 4 aromatic heterocycles. The summed E-state index contributed by atoms with van der Waals surface area (Å²) in [5.74, 6) is 1.25. The number of aromatic amines is 1. The maximum atomic E-state index is 13.5. The van der Waals surface area contributed by atoms with Gasteiger partial charge in [0.25, 0.3) is 0 Å². The molecular weight excluding hydrogens is 862 g/mol. The number of carbonyl (C=O) groups excluding carboxylic acids is 1. The highest BCUT2D eigenvalue weighted by Gasteiger charge is 2.45. The molecule has 0 aliphatic heterocycles. The smallest absolute Gasteiger partial charge is 0.338 e. The Bertz CT molecular complexity index is 1800. The third-order valence-electron chi connectivity index (χ3n) is 9.93. The van der Waals surface area contributed by atoms with E-state index in [1.54, 1.807) is 26.6 Å². The van der Waals surface area contributed by atoms with Gasteiger partial charge in [0, 0.05) is 79.2 Å². The molecule has 0 bridgehead atoms. The summed E-state index contributed by atoms with van der Waals surface area (Å²) in [5.41, 5.74) is 3.09. The van der Waals surface area contributed by atoms with Gasteiger partial charge in [0.2, 0.25) is 0 Å². The molecule has 56 heavy (non-hydrogen) atoms. The highest BCUT2D eigenvalue weighted by molar-refractivity contribution is 14.1. The van der Waals surface area contributed by atoms with Crippen LogP contribution in [0, 0.1) is 3.57 Å². The van der Waals surface area contributed by atoms with E-state index in [-0.39, 0.29) is 18.5 Å². The Morgan fingerprint density at radius 2 is 1.57 bits per heavy atom. The lowest BCUT2D eigenvalue weighted by molar-refractivity contribution is -0.181. The average molecular weight is 922 g/mol. The van der Waals surface area contributed by atoms with Crippen LogP contribution < -0.4 is 4.90 Å². The Balaban J connectivity index is 1.54. The molecular formula is C39H60IN7O7Si2. The zero-order chi connectivity index (χ0) is 40.3. The van der Waals surface area contributed by atoms with E-state index in [1.807, 2.05) is 29.0 Å². The van der Waals surface area contributed by atoms with Crippen molar-refractivity contribution in [1.82, 2.24) is 29.5 Å². The van der Waals surface area contributed by atoms with E-state index in [9.17, 15) is 4.79 Å². The number of nitrogens with zero attached hydrogens (tertiary/aromatic N) is 6. The Morgan fingerprint density at radius 3 is 2.14 bits per heavy atom. The first-order valence-corrected chi connectivity index (χ1v) is 28.0. The quantitative estimate of drug-likeness (QED) is 0.0274. The lowest BCUT2D eigenvalue weighted by Crippen LogP contribution is -2.46. The van der Waals surface area contributed by atoms with Gasteiger partial charge >= 0.3 is 5.97 Å². The number of halogens is 1. The Kier molecular flexibility index (Phi) is 16.0. The SMILES string of the molecule is COCCOC(=O)C1(OCCOC)CCC(c2nc3c(-c4ccc(-c5ncc[nH]5)nc4)cnn3c(N(COCC[Si](C)(C)C)COCC[Si](C)(C)C)c2I)CC1. The van der Waals surface area contributed by atoms with Crippen molar-refractivity contribution in [2.45, 2.75) is 88.6 Å². The zero-order valence-corrected chi connectivity index (χ0v) is 38.5. The van der Waals surface area contributed by atoms with Crippen LogP contribution in [-0.2, 0) is 33.2 Å². The van der Waals surface area contributed by atoms with Gasteiger partial charge < -0.3 is 38.3 Å². The predicted octanol–water partition coefficient (Wildman–Crippen LogP) is 7.47. The van der Waals surface area contributed by atoms with Gasteiger partial charge in [0.05, 0.1) is 35.3 Å². The second-order valence-corrected chi connectivity index (χ2v) is 29.1. The molecule has 0 atom stereocenters. The summed E-state index contributed by atoms with van der Waals surface area (Å²) in [7, 11) is 0.586. The Morgan fingerprint density at radius 1 is 0.911 bits per heavy atom. The molecule has 4 aromatic rings. The highest BCUT2D eigenvalue weighted by atomic mass is 127. The summed E-state index contributed by atoms with van der Waals surface area (Å²) in [6.45, 7) is 17.3. The van der Waals surface area contributed by atoms with Gasteiger partial charge in [-0.15, -0.1) is 0 Å². The molecule has 1 fully saturated rings. The minimum atomic E-state index is -1.31. The lowest BCUT2D eigenvalue weighted by Gasteiger charge is -2.38. The molecule has 0 aromatic carbocycles. The van der Waals surface area contributed by atoms with Crippen LogP contribution in [0.15, 0.2) is 36.9 Å². The van der Waals surface area contributed by atoms with Crippen LogP contribution >= 0.6 is 22.6 Å². The van der Waals surface area contributed by atoms with Crippen molar-refractivity contribution < 1.29 is 33.2 Å². The van der Waals surface area contributed by atoms with E-state index in [0.717, 1.165) is 44.0 Å². The standard InChI is InChI=1S/C39H60IN7O7Si2/c1-49-17-19-53-38(48)39(54-20-18-50-2)13-11-29(12-14-39)34-33(40)37(46(27-51-21-23-55(3,4)5)28-52-22-24-56(6,7)8)47-36(45-34)31(26-44-47)30-9-10-32(43-25-30)35-41-15-16-42-35/h9-10,15-16,25-26,29H,11-14,17-24,27-28H2,1-8H3,(H,41,42). The Hall–Kier alpha value is -2.79. The topological polar surface area (TPSA) is 147 Å². The van der Waals surface area contributed by atoms with Crippen LogP contribution in [-0.4, -0.2) is 125 Å². The number of carbonyl (C=O) groups is 1. The van der Waals surface area contributed by atoms with Gasteiger partial charge in [0.1, 0.15) is 25.8 Å². The van der Waals surface area contributed by atoms with Gasteiger partial charge in [0.15, 0.2) is 22.9 Å². The number of anilines is 1. The van der Waals surface area contributed by atoms with Crippen LogP contribution in [0.25, 0.3) is 28.3 Å². The number of aromatic nitrogens is 6. The third kappa shape index (κ3) is 11.9. The van der Waals surface area contributed by atoms with E-state index in [1.165, 1.54) is 0 Å². The number of H-pyrrole nitrogens is 1. The highest BCUT2D eigenvalue weighted by Crippen LogP contribution is 2.44. The van der Waals surface area contributed by atoms with Gasteiger partial charge in [-0.1, -0.05) is 45.3 Å². The number of hydrogen-bond donors (Lipinski definition) is 1. The van der Waals surface area contributed by atoms with E-state index < -0.39 is 21.7 Å². The summed E-state index contributed by atoms with van der Waals surface area (Å²) in [5, 5.41) is 4.95. The van der Waals surface area contributed by atoms with Crippen LogP contribution in [0.5, 0.6) is 0 Å². The molecule has 5 rings (SSSR count). The summed E-state index contributed by atoms with van der Waals surface area (Å²) in [4.78, 5) is 33.3. The van der Waals surface area contributed by atoms with Gasteiger partial charge in [-0.3, -0.25) is 4.98 Å². The fraction of sp³-hybridized carbons (Fsp3) is 0.615. The van der Waals surface area contributed by atoms with E-state index in [2.05, 4.69) is 76.7 Å². The van der Waals surface area contributed by atoms with E-state index in [0.29, 0.717) is 83.7 Å². The Labute approximate surface area is 346 Å². The molecule has 0 amide bonds. The second-order valence-electron chi connectivity index (χ2n) is 16.8. The van der Waals surface area contributed by atoms with Gasteiger partial charge in [-0.05, 0) is 66.4 Å². The molecule has 0 saturated heterocycles. The average Bonchev–Trinajstić information content (AvgIpc) is 3.85. The van der Waals surface area contributed by atoms with Crippen molar-refractivity contribution >= 4 is 56.2 Å². The molecule has 0 radical (unpaired) electrons. The number of ether oxygens (including phenoxy) is 6. The fourth-order valence-electron chi connectivity index (χ4n) is 6.52. The summed E-state index contributed by atoms with van der Waals surface area (Å²) in [6.07, 6.45) is 9.51. The van der Waals surface area contributed by atoms with Gasteiger partial charge in [-0.25, -0.2) is 14.8 Å². The van der Waals surface area contributed by atoms with Crippen molar-refractivity contribution in [3.05, 3.63) is 46.2 Å². The summed E-state index contributed by atoms with van der Waals surface area (Å²) < 4.78 is 38.0. The largest absolute Gasteiger partial charge is 0.461 e. The van der Waals surface area contributed by atoms with Crippen molar-refractivity contribution in [3.8, 4) is 22.6 Å². The molecule has 17 heteroatoms. The lowest BCUT2D eigenvalue weighted by atomic mass is 9.77. The molecule has 4 heterocycles. The minimum Gasteiger partial charge on any atom is -0.461 e. The molecule has 0 unspecified atom stereocenters. The maximum absolute atomic E-state index is 13.5. The van der Waals surface area contributed by atoms with Crippen molar-refractivity contribution in [3.63, 3.8) is 0 Å². The number of methoxy groups -OCH3 is 2. The third-order valence-corrected chi connectivity index (χ3v) is 14.4. The molecule has 0 spiro atoms. The number of fused-ring (bicyclic) bond motifs is 1. The van der Waals surface area contributed by atoms with Crippen LogP contribution in [0.2, 0.25) is 51.4 Å². The molecule has 1 aliphatic rings. The monoisotopic (exact) mass is 921 g/mol. The van der Waals surface area contributed by atoms with Crippen LogP contribution in [0.1, 0.15) is 37.3 Å².